The number of fused-ring (bicyclic) bond motifs is 1. The number of benzene rings is 2. The number of aromatic nitrogens is 4. The Morgan fingerprint density at radius 1 is 1.00 bits per heavy atom. The molecule has 0 aliphatic heterocycles. The molecule has 0 radical (unpaired) electrons. The fourth-order valence-corrected chi connectivity index (χ4v) is 2.82. The topological polar surface area (TPSA) is 93.5 Å². The third-order valence-electron chi connectivity index (χ3n) is 4.29. The second-order valence-electron chi connectivity index (χ2n) is 6.11. The fourth-order valence-electron chi connectivity index (χ4n) is 2.82. The van der Waals surface area contributed by atoms with Crippen LogP contribution in [-0.2, 0) is 6.54 Å². The number of hydrogen-bond donors (Lipinski definition) is 2. The number of H-pyrrole nitrogens is 1. The van der Waals surface area contributed by atoms with Gasteiger partial charge in [0.15, 0.2) is 5.82 Å². The lowest BCUT2D eigenvalue weighted by molar-refractivity contribution is 0.415. The van der Waals surface area contributed by atoms with Crippen molar-refractivity contribution in [1.29, 1.82) is 0 Å². The van der Waals surface area contributed by atoms with E-state index in [0.717, 1.165) is 22.7 Å². The van der Waals surface area contributed by atoms with E-state index in [1.807, 2.05) is 48.5 Å². The zero-order valence-electron chi connectivity index (χ0n) is 15.5. The van der Waals surface area contributed by atoms with E-state index in [2.05, 4.69) is 20.4 Å². The minimum absolute atomic E-state index is 0.222. The van der Waals surface area contributed by atoms with Gasteiger partial charge in [0, 0.05) is 23.4 Å². The molecule has 2 heterocycles. The quantitative estimate of drug-likeness (QED) is 0.537. The van der Waals surface area contributed by atoms with Crippen LogP contribution in [0.5, 0.6) is 11.5 Å². The summed E-state index contributed by atoms with van der Waals surface area (Å²) >= 11 is 0. The molecule has 4 aromatic rings. The Labute approximate surface area is 160 Å². The van der Waals surface area contributed by atoms with Crippen LogP contribution in [0.4, 0.5) is 5.69 Å². The van der Waals surface area contributed by atoms with E-state index in [-0.39, 0.29) is 5.56 Å². The van der Waals surface area contributed by atoms with E-state index in [9.17, 15) is 4.79 Å². The highest BCUT2D eigenvalue weighted by Crippen LogP contribution is 2.20. The van der Waals surface area contributed by atoms with Gasteiger partial charge in [-0.25, -0.2) is 4.98 Å². The SMILES string of the molecule is COc1ccc(-c2nc3nc(CNc4cccc(OC)c4)cc(=O)n3[nH]2)cc1. The van der Waals surface area contributed by atoms with Crippen molar-refractivity contribution in [3.8, 4) is 22.9 Å². The highest BCUT2D eigenvalue weighted by Gasteiger charge is 2.10. The second-order valence-corrected chi connectivity index (χ2v) is 6.11. The number of methoxy groups -OCH3 is 2. The zero-order chi connectivity index (χ0) is 19.5. The van der Waals surface area contributed by atoms with Crippen LogP contribution in [0.2, 0.25) is 0 Å². The van der Waals surface area contributed by atoms with Crippen LogP contribution >= 0.6 is 0 Å². The average molecular weight is 377 g/mol. The predicted molar refractivity (Wildman–Crippen MR) is 106 cm³/mol. The van der Waals surface area contributed by atoms with Crippen LogP contribution in [0.15, 0.2) is 59.4 Å². The molecule has 0 bridgehead atoms. The molecule has 0 aliphatic rings. The van der Waals surface area contributed by atoms with Crippen molar-refractivity contribution >= 4 is 11.5 Å². The van der Waals surface area contributed by atoms with Gasteiger partial charge in [0.25, 0.3) is 11.3 Å². The number of aromatic amines is 1. The number of nitrogens with one attached hydrogen (secondary N) is 2. The lowest BCUT2D eigenvalue weighted by Crippen LogP contribution is -2.17. The summed E-state index contributed by atoms with van der Waals surface area (Å²) in [4.78, 5) is 21.4. The maximum atomic E-state index is 12.4. The van der Waals surface area contributed by atoms with Crippen LogP contribution in [0.25, 0.3) is 17.2 Å². The first-order valence-electron chi connectivity index (χ1n) is 8.67. The van der Waals surface area contributed by atoms with Gasteiger partial charge in [0.05, 0.1) is 26.5 Å². The summed E-state index contributed by atoms with van der Waals surface area (Å²) in [7, 11) is 3.23. The van der Waals surface area contributed by atoms with Gasteiger partial charge in [-0.15, -0.1) is 0 Å². The standard InChI is InChI=1S/C20H19N5O3/c1-27-16-8-6-13(7-9-16)19-23-20-22-15(11-18(26)25(20)24-19)12-21-14-4-3-5-17(10-14)28-2/h3-11,21H,12H2,1-2H3,(H,22,23,24). The van der Waals surface area contributed by atoms with Crippen molar-refractivity contribution < 1.29 is 9.47 Å². The van der Waals surface area contributed by atoms with Crippen LogP contribution in [0.1, 0.15) is 5.69 Å². The molecule has 0 amide bonds. The monoisotopic (exact) mass is 377 g/mol. The first-order chi connectivity index (χ1) is 13.7. The summed E-state index contributed by atoms with van der Waals surface area (Å²) in [5.74, 6) is 2.39. The lowest BCUT2D eigenvalue weighted by Gasteiger charge is -2.07. The van der Waals surface area contributed by atoms with Crippen LogP contribution in [-0.4, -0.2) is 33.8 Å². The van der Waals surface area contributed by atoms with Crippen molar-refractivity contribution in [3.63, 3.8) is 0 Å². The van der Waals surface area contributed by atoms with Gasteiger partial charge in [-0.1, -0.05) is 6.07 Å². The molecule has 0 aliphatic carbocycles. The molecule has 2 aromatic heterocycles. The summed E-state index contributed by atoms with van der Waals surface area (Å²) in [6.45, 7) is 0.392. The van der Waals surface area contributed by atoms with E-state index in [0.29, 0.717) is 23.8 Å². The number of anilines is 1. The first-order valence-corrected chi connectivity index (χ1v) is 8.67. The Hall–Kier alpha value is -3.81. The van der Waals surface area contributed by atoms with Crippen molar-refractivity contribution in [2.24, 2.45) is 0 Å². The number of rotatable bonds is 6. The number of hydrogen-bond acceptors (Lipinski definition) is 6. The molecule has 2 N–H and O–H groups in total. The normalized spacial score (nSPS) is 10.8. The van der Waals surface area contributed by atoms with E-state index in [1.165, 1.54) is 10.6 Å². The third-order valence-corrected chi connectivity index (χ3v) is 4.29. The highest BCUT2D eigenvalue weighted by molar-refractivity contribution is 5.58. The van der Waals surface area contributed by atoms with Crippen molar-refractivity contribution in [2.75, 3.05) is 19.5 Å². The zero-order valence-corrected chi connectivity index (χ0v) is 15.5. The van der Waals surface area contributed by atoms with Gasteiger partial charge in [0.1, 0.15) is 11.5 Å². The highest BCUT2D eigenvalue weighted by atomic mass is 16.5. The molecule has 8 nitrogen and oxygen atoms in total. The third kappa shape index (κ3) is 3.52. The molecular weight excluding hydrogens is 358 g/mol. The van der Waals surface area contributed by atoms with E-state index in [4.69, 9.17) is 9.47 Å². The van der Waals surface area contributed by atoms with Crippen molar-refractivity contribution in [1.82, 2.24) is 19.6 Å². The smallest absolute Gasteiger partial charge is 0.274 e. The minimum Gasteiger partial charge on any atom is -0.497 e. The molecule has 0 saturated heterocycles. The van der Waals surface area contributed by atoms with Crippen LogP contribution < -0.4 is 20.3 Å². The Bertz CT molecular complexity index is 1160. The lowest BCUT2D eigenvalue weighted by atomic mass is 10.2. The molecule has 4 rings (SSSR count). The first kappa shape index (κ1) is 17.6. The Morgan fingerprint density at radius 2 is 1.79 bits per heavy atom. The Morgan fingerprint density at radius 3 is 2.54 bits per heavy atom. The van der Waals surface area contributed by atoms with E-state index < -0.39 is 0 Å². The Kier molecular flexibility index (Phi) is 4.67. The molecule has 0 fully saturated rings. The molecule has 0 spiro atoms. The van der Waals surface area contributed by atoms with Gasteiger partial charge in [0.2, 0.25) is 0 Å². The minimum atomic E-state index is -0.222. The Balaban J connectivity index is 1.59. The van der Waals surface area contributed by atoms with Gasteiger partial charge in [-0.05, 0) is 36.4 Å². The number of nitrogens with zero attached hydrogens (tertiary/aromatic N) is 3. The summed E-state index contributed by atoms with van der Waals surface area (Å²) in [5, 5.41) is 6.22. The van der Waals surface area contributed by atoms with E-state index >= 15 is 0 Å². The molecule has 8 heteroatoms. The molecule has 0 unspecified atom stereocenters. The van der Waals surface area contributed by atoms with E-state index in [1.54, 1.807) is 14.2 Å². The molecule has 142 valence electrons. The van der Waals surface area contributed by atoms with Gasteiger partial charge in [-0.2, -0.15) is 9.50 Å². The predicted octanol–water partition coefficient (Wildman–Crippen LogP) is 2.71. The maximum absolute atomic E-state index is 12.4. The molecular formula is C20H19N5O3. The summed E-state index contributed by atoms with van der Waals surface area (Å²) in [6.07, 6.45) is 0. The molecule has 28 heavy (non-hydrogen) atoms. The van der Waals surface area contributed by atoms with Gasteiger partial charge >= 0.3 is 0 Å². The van der Waals surface area contributed by atoms with Crippen LogP contribution in [0, 0.1) is 0 Å². The maximum Gasteiger partial charge on any atom is 0.274 e. The number of ether oxygens (including phenoxy) is 2. The molecule has 0 atom stereocenters. The average Bonchev–Trinajstić information content (AvgIpc) is 3.17. The van der Waals surface area contributed by atoms with Crippen molar-refractivity contribution in [2.45, 2.75) is 6.54 Å². The summed E-state index contributed by atoms with van der Waals surface area (Å²) < 4.78 is 11.7. The van der Waals surface area contributed by atoms with Crippen LogP contribution in [0.3, 0.4) is 0 Å². The second kappa shape index (κ2) is 7.43. The summed E-state index contributed by atoms with van der Waals surface area (Å²) in [6, 6.07) is 16.4. The van der Waals surface area contributed by atoms with Gasteiger partial charge in [-0.3, -0.25) is 9.89 Å². The fraction of sp³-hybridized carbons (Fsp3) is 0.150. The van der Waals surface area contributed by atoms with Crippen molar-refractivity contribution in [3.05, 3.63) is 70.6 Å². The molecule has 0 saturated carbocycles. The summed E-state index contributed by atoms with van der Waals surface area (Å²) in [5.41, 5.74) is 2.09. The largest absolute Gasteiger partial charge is 0.497 e. The van der Waals surface area contributed by atoms with Gasteiger partial charge < -0.3 is 14.8 Å². The molecule has 2 aromatic carbocycles.